The Morgan fingerprint density at radius 2 is 1.94 bits per heavy atom. The molecule has 0 aliphatic heterocycles. The first kappa shape index (κ1) is 13.6. The van der Waals surface area contributed by atoms with Crippen molar-refractivity contribution in [3.63, 3.8) is 0 Å². The summed E-state index contributed by atoms with van der Waals surface area (Å²) in [6.07, 6.45) is 1.63. The summed E-state index contributed by atoms with van der Waals surface area (Å²) in [4.78, 5) is 10.7. The third-order valence-corrected chi connectivity index (χ3v) is 2.73. The summed E-state index contributed by atoms with van der Waals surface area (Å²) in [5.41, 5.74) is 3.20. The maximum atomic E-state index is 10.7. The summed E-state index contributed by atoms with van der Waals surface area (Å²) in [5, 5.41) is 8.76. The van der Waals surface area contributed by atoms with Crippen LogP contribution in [-0.2, 0) is 11.2 Å². The minimum Gasteiger partial charge on any atom is -0.493 e. The molecule has 0 spiro atoms. The first-order valence-corrected chi connectivity index (χ1v) is 6.00. The van der Waals surface area contributed by atoms with Crippen LogP contribution in [0.25, 0.3) is 0 Å². The predicted octanol–water partition coefficient (Wildman–Crippen LogP) is 3.11. The van der Waals surface area contributed by atoms with Crippen molar-refractivity contribution in [3.8, 4) is 5.75 Å². The van der Waals surface area contributed by atoms with Gasteiger partial charge in [-0.15, -0.1) is 0 Å². The Labute approximate surface area is 102 Å². The van der Waals surface area contributed by atoms with E-state index >= 15 is 0 Å². The quantitative estimate of drug-likeness (QED) is 0.825. The Morgan fingerprint density at radius 3 is 2.53 bits per heavy atom. The van der Waals surface area contributed by atoms with Gasteiger partial charge in [0.05, 0.1) is 6.61 Å². The highest BCUT2D eigenvalue weighted by molar-refractivity contribution is 5.67. The molecule has 1 aromatic rings. The second-order valence-electron chi connectivity index (χ2n) is 4.25. The van der Waals surface area contributed by atoms with E-state index in [4.69, 9.17) is 9.84 Å². The van der Waals surface area contributed by atoms with Crippen molar-refractivity contribution in [1.82, 2.24) is 0 Å². The van der Waals surface area contributed by atoms with Gasteiger partial charge in [0.15, 0.2) is 0 Å². The van der Waals surface area contributed by atoms with Crippen molar-refractivity contribution in [3.05, 3.63) is 28.8 Å². The third-order valence-electron chi connectivity index (χ3n) is 2.73. The van der Waals surface area contributed by atoms with E-state index in [9.17, 15) is 4.79 Å². The molecule has 0 fully saturated rings. The van der Waals surface area contributed by atoms with E-state index in [1.165, 1.54) is 0 Å². The number of carboxylic acids is 1. The lowest BCUT2D eigenvalue weighted by molar-refractivity contribution is -0.136. The van der Waals surface area contributed by atoms with E-state index in [1.54, 1.807) is 0 Å². The van der Waals surface area contributed by atoms with Gasteiger partial charge in [-0.2, -0.15) is 0 Å². The standard InChI is InChI=1S/C14H20O3/c1-4-9-17-14-11(3)6-5-10(2)12(14)7-8-13(15)16/h5-6H,4,7-9H2,1-3H3,(H,15,16). The number of carbonyl (C=O) groups is 1. The number of aryl methyl sites for hydroxylation is 2. The molecule has 1 aromatic carbocycles. The maximum absolute atomic E-state index is 10.7. The first-order chi connectivity index (χ1) is 8.06. The maximum Gasteiger partial charge on any atom is 0.303 e. The Hall–Kier alpha value is -1.51. The van der Waals surface area contributed by atoms with Gasteiger partial charge in [-0.05, 0) is 43.4 Å². The van der Waals surface area contributed by atoms with Gasteiger partial charge in [-0.3, -0.25) is 4.79 Å². The second kappa shape index (κ2) is 6.28. The fraction of sp³-hybridized carbons (Fsp3) is 0.500. The van der Waals surface area contributed by atoms with Crippen molar-refractivity contribution >= 4 is 5.97 Å². The molecular formula is C14H20O3. The van der Waals surface area contributed by atoms with Crippen LogP contribution in [0, 0.1) is 13.8 Å². The van der Waals surface area contributed by atoms with Crippen LogP contribution in [0.2, 0.25) is 0 Å². The van der Waals surface area contributed by atoms with Gasteiger partial charge < -0.3 is 9.84 Å². The number of carboxylic acid groups (broad SMARTS) is 1. The Bertz CT molecular complexity index is 397. The fourth-order valence-electron chi connectivity index (χ4n) is 1.79. The molecule has 0 bridgehead atoms. The SMILES string of the molecule is CCCOc1c(C)ccc(C)c1CCC(=O)O. The largest absolute Gasteiger partial charge is 0.493 e. The highest BCUT2D eigenvalue weighted by Crippen LogP contribution is 2.28. The molecule has 0 aliphatic rings. The van der Waals surface area contributed by atoms with Crippen LogP contribution >= 0.6 is 0 Å². The molecule has 0 saturated heterocycles. The van der Waals surface area contributed by atoms with Crippen molar-refractivity contribution in [2.24, 2.45) is 0 Å². The molecule has 94 valence electrons. The van der Waals surface area contributed by atoms with E-state index < -0.39 is 5.97 Å². The Balaban J connectivity index is 2.97. The normalized spacial score (nSPS) is 10.3. The van der Waals surface area contributed by atoms with Gasteiger partial charge in [0.1, 0.15) is 5.75 Å². The van der Waals surface area contributed by atoms with Gasteiger partial charge in [0.2, 0.25) is 0 Å². The molecule has 0 aliphatic carbocycles. The van der Waals surface area contributed by atoms with Crippen LogP contribution in [0.4, 0.5) is 0 Å². The van der Waals surface area contributed by atoms with Gasteiger partial charge in [-0.1, -0.05) is 19.1 Å². The molecule has 3 heteroatoms. The zero-order valence-electron chi connectivity index (χ0n) is 10.7. The van der Waals surface area contributed by atoms with Gasteiger partial charge in [0.25, 0.3) is 0 Å². The predicted molar refractivity (Wildman–Crippen MR) is 67.7 cm³/mol. The summed E-state index contributed by atoms with van der Waals surface area (Å²) >= 11 is 0. The number of aliphatic carboxylic acids is 1. The number of ether oxygens (including phenoxy) is 1. The van der Waals surface area contributed by atoms with Crippen LogP contribution in [0.1, 0.15) is 36.5 Å². The van der Waals surface area contributed by atoms with Crippen molar-refractivity contribution in [1.29, 1.82) is 0 Å². The topological polar surface area (TPSA) is 46.5 Å². The first-order valence-electron chi connectivity index (χ1n) is 6.00. The highest BCUT2D eigenvalue weighted by Gasteiger charge is 2.11. The van der Waals surface area contributed by atoms with E-state index in [0.717, 1.165) is 28.9 Å². The monoisotopic (exact) mass is 236 g/mol. The smallest absolute Gasteiger partial charge is 0.303 e. The van der Waals surface area contributed by atoms with E-state index in [-0.39, 0.29) is 6.42 Å². The molecule has 1 N–H and O–H groups in total. The van der Waals surface area contributed by atoms with Crippen molar-refractivity contribution < 1.29 is 14.6 Å². The van der Waals surface area contributed by atoms with Crippen LogP contribution in [-0.4, -0.2) is 17.7 Å². The molecule has 0 atom stereocenters. The zero-order valence-corrected chi connectivity index (χ0v) is 10.7. The summed E-state index contributed by atoms with van der Waals surface area (Å²) in [6.45, 7) is 6.72. The van der Waals surface area contributed by atoms with Crippen LogP contribution < -0.4 is 4.74 Å². The summed E-state index contributed by atoms with van der Waals surface area (Å²) in [7, 11) is 0. The molecule has 0 unspecified atom stereocenters. The molecule has 17 heavy (non-hydrogen) atoms. The lowest BCUT2D eigenvalue weighted by atomic mass is 9.99. The Morgan fingerprint density at radius 1 is 1.29 bits per heavy atom. The lowest BCUT2D eigenvalue weighted by Crippen LogP contribution is -2.05. The van der Waals surface area contributed by atoms with Crippen LogP contribution in [0.3, 0.4) is 0 Å². The molecular weight excluding hydrogens is 216 g/mol. The number of benzene rings is 1. The summed E-state index contributed by atoms with van der Waals surface area (Å²) in [6, 6.07) is 4.04. The molecule has 0 aromatic heterocycles. The third kappa shape index (κ3) is 3.77. The molecule has 3 nitrogen and oxygen atoms in total. The van der Waals surface area contributed by atoms with Gasteiger partial charge in [-0.25, -0.2) is 0 Å². The molecule has 0 radical (unpaired) electrons. The minimum atomic E-state index is -0.771. The van der Waals surface area contributed by atoms with Crippen LogP contribution in [0.15, 0.2) is 12.1 Å². The zero-order chi connectivity index (χ0) is 12.8. The number of rotatable bonds is 6. The van der Waals surface area contributed by atoms with Crippen molar-refractivity contribution in [2.75, 3.05) is 6.61 Å². The van der Waals surface area contributed by atoms with Gasteiger partial charge >= 0.3 is 5.97 Å². The second-order valence-corrected chi connectivity index (χ2v) is 4.25. The highest BCUT2D eigenvalue weighted by atomic mass is 16.5. The fourth-order valence-corrected chi connectivity index (χ4v) is 1.79. The van der Waals surface area contributed by atoms with Crippen LogP contribution in [0.5, 0.6) is 5.75 Å². The van der Waals surface area contributed by atoms with Gasteiger partial charge in [0, 0.05) is 6.42 Å². The van der Waals surface area contributed by atoms with Crippen molar-refractivity contribution in [2.45, 2.75) is 40.0 Å². The Kier molecular flexibility index (Phi) is 5.01. The summed E-state index contributed by atoms with van der Waals surface area (Å²) in [5.74, 6) is 0.0976. The molecule has 0 saturated carbocycles. The number of hydrogen-bond acceptors (Lipinski definition) is 2. The average molecular weight is 236 g/mol. The lowest BCUT2D eigenvalue weighted by Gasteiger charge is -2.15. The number of hydrogen-bond donors (Lipinski definition) is 1. The molecule has 1 rings (SSSR count). The summed E-state index contributed by atoms with van der Waals surface area (Å²) < 4.78 is 5.74. The molecule has 0 amide bonds. The van der Waals surface area contributed by atoms with E-state index in [0.29, 0.717) is 13.0 Å². The van der Waals surface area contributed by atoms with E-state index in [2.05, 4.69) is 6.92 Å². The van der Waals surface area contributed by atoms with E-state index in [1.807, 2.05) is 26.0 Å². The average Bonchev–Trinajstić information content (AvgIpc) is 2.28. The minimum absolute atomic E-state index is 0.146. The molecule has 0 heterocycles.